The molecular formula is C59H47BN2. The van der Waals surface area contributed by atoms with E-state index in [1.807, 2.05) is 0 Å². The lowest BCUT2D eigenvalue weighted by molar-refractivity contribution is 0.660. The molecule has 12 rings (SSSR count). The first-order valence-electron chi connectivity index (χ1n) is 22.4. The molecule has 0 saturated carbocycles. The Balaban J connectivity index is 1.25. The molecule has 0 unspecified atom stereocenters. The van der Waals surface area contributed by atoms with Gasteiger partial charge >= 0.3 is 6.85 Å². The number of para-hydroxylation sites is 1. The number of rotatable bonds is 7. The molecule has 0 fully saturated rings. The molecule has 9 aromatic rings. The summed E-state index contributed by atoms with van der Waals surface area (Å²) in [5.74, 6) is 0. The van der Waals surface area contributed by atoms with Gasteiger partial charge in [0.1, 0.15) is 0 Å². The van der Waals surface area contributed by atoms with Crippen molar-refractivity contribution < 1.29 is 0 Å². The van der Waals surface area contributed by atoms with E-state index >= 15 is 0 Å². The van der Waals surface area contributed by atoms with Crippen molar-refractivity contribution in [2.75, 3.05) is 9.71 Å². The summed E-state index contributed by atoms with van der Waals surface area (Å²) in [6.07, 6.45) is 3.39. The minimum absolute atomic E-state index is 0.109. The van der Waals surface area contributed by atoms with E-state index in [9.17, 15) is 0 Å². The lowest BCUT2D eigenvalue weighted by Crippen LogP contribution is -2.61. The van der Waals surface area contributed by atoms with Crippen molar-refractivity contribution in [3.05, 3.63) is 211 Å². The van der Waals surface area contributed by atoms with Crippen molar-refractivity contribution in [2.45, 2.75) is 45.4 Å². The van der Waals surface area contributed by atoms with Crippen LogP contribution < -0.4 is 20.6 Å². The number of hydrogen-bond acceptors (Lipinski definition) is 2. The normalized spacial score (nSPS) is 14.0. The maximum atomic E-state index is 2.69. The average molecular weight is 795 g/mol. The Labute approximate surface area is 365 Å². The molecule has 3 heteroatoms. The van der Waals surface area contributed by atoms with Crippen LogP contribution in [0.25, 0.3) is 55.3 Å². The van der Waals surface area contributed by atoms with Crippen LogP contribution in [0.15, 0.2) is 194 Å². The van der Waals surface area contributed by atoms with Crippen LogP contribution in [0.1, 0.15) is 50.3 Å². The summed E-state index contributed by atoms with van der Waals surface area (Å²) in [7, 11) is 0. The smallest absolute Gasteiger partial charge is 0.333 e. The molecule has 2 nitrogen and oxygen atoms in total. The van der Waals surface area contributed by atoms with Gasteiger partial charge in [-0.05, 0) is 115 Å². The standard InChI is InChI=1S/C59H47BN2/c1-4-5-19-39-30-35-52(48(36-39)41-22-11-7-12-23-41)61-54-38-43-24-15-16-27-45(43)55-47-32-31-42(40-20-9-6-10-21-40)37-53(47)62(44-25-13-8-14-26-44)60(57(54)55)51-34-33-50-56(58(51)61)46-28-17-18-29-49(46)59(50,2)3/h6-18,20-38H,4-5,19H2,1-3H3. The van der Waals surface area contributed by atoms with E-state index in [2.05, 4.69) is 225 Å². The van der Waals surface area contributed by atoms with Gasteiger partial charge in [0, 0.05) is 39.2 Å². The molecule has 2 heterocycles. The SMILES string of the molecule is CCCCc1ccc(N2c3cc4ccccc4c4c3B(c3ccc5c(c32)-c2ccccc2C5(C)C)N(c2ccccc2)c2cc(-c3ccccc3)ccc2-4)c(-c2ccccc2)c1. The molecule has 1 aliphatic carbocycles. The number of unbranched alkanes of at least 4 members (excludes halogenated alkanes) is 1. The quantitative estimate of drug-likeness (QED) is 0.148. The monoisotopic (exact) mass is 794 g/mol. The molecule has 0 saturated heterocycles. The van der Waals surface area contributed by atoms with E-state index in [4.69, 9.17) is 0 Å². The Hall–Kier alpha value is -7.10. The number of benzene rings is 9. The second-order valence-corrected chi connectivity index (χ2v) is 17.9. The van der Waals surface area contributed by atoms with Crippen molar-refractivity contribution in [3.8, 4) is 44.5 Å². The fourth-order valence-corrected chi connectivity index (χ4v) is 11.1. The predicted octanol–water partition coefficient (Wildman–Crippen LogP) is 14.5. The minimum Gasteiger partial charge on any atom is -0.376 e. The van der Waals surface area contributed by atoms with Crippen LogP contribution in [0.5, 0.6) is 0 Å². The highest BCUT2D eigenvalue weighted by atomic mass is 15.2. The summed E-state index contributed by atoms with van der Waals surface area (Å²) in [4.78, 5) is 5.34. The van der Waals surface area contributed by atoms with Gasteiger partial charge in [-0.1, -0.05) is 185 Å². The predicted molar refractivity (Wildman–Crippen MR) is 265 cm³/mol. The van der Waals surface area contributed by atoms with Gasteiger partial charge in [0.2, 0.25) is 0 Å². The zero-order valence-corrected chi connectivity index (χ0v) is 35.6. The van der Waals surface area contributed by atoms with E-state index in [1.165, 1.54) is 124 Å². The molecule has 0 atom stereocenters. The van der Waals surface area contributed by atoms with Crippen LogP contribution in [0.3, 0.4) is 0 Å². The van der Waals surface area contributed by atoms with Gasteiger partial charge in [0.25, 0.3) is 0 Å². The molecule has 0 radical (unpaired) electrons. The first-order valence-corrected chi connectivity index (χ1v) is 22.4. The molecule has 62 heavy (non-hydrogen) atoms. The molecular weight excluding hydrogens is 747 g/mol. The maximum absolute atomic E-state index is 2.69. The van der Waals surface area contributed by atoms with Crippen LogP contribution in [0.4, 0.5) is 28.4 Å². The highest BCUT2D eigenvalue weighted by Gasteiger charge is 2.49. The van der Waals surface area contributed by atoms with Crippen LogP contribution in [-0.2, 0) is 11.8 Å². The molecule has 0 amide bonds. The van der Waals surface area contributed by atoms with E-state index < -0.39 is 0 Å². The van der Waals surface area contributed by atoms with Crippen molar-refractivity contribution in [3.63, 3.8) is 0 Å². The molecule has 0 spiro atoms. The van der Waals surface area contributed by atoms with Gasteiger partial charge in [-0.15, -0.1) is 0 Å². The Morgan fingerprint density at radius 2 is 1.21 bits per heavy atom. The Kier molecular flexibility index (Phi) is 8.44. The topological polar surface area (TPSA) is 6.48 Å². The Morgan fingerprint density at radius 1 is 0.500 bits per heavy atom. The van der Waals surface area contributed by atoms with Gasteiger partial charge in [-0.25, -0.2) is 0 Å². The van der Waals surface area contributed by atoms with Crippen molar-refractivity contribution in [1.82, 2.24) is 0 Å². The zero-order valence-electron chi connectivity index (χ0n) is 35.6. The summed E-state index contributed by atoms with van der Waals surface area (Å²) in [5.41, 5.74) is 22.9. The van der Waals surface area contributed by atoms with Gasteiger partial charge in [-0.2, -0.15) is 0 Å². The summed E-state index contributed by atoms with van der Waals surface area (Å²) in [5, 5.41) is 2.53. The molecule has 0 N–H and O–H groups in total. The van der Waals surface area contributed by atoms with E-state index in [0.717, 1.165) is 6.42 Å². The van der Waals surface area contributed by atoms with Crippen molar-refractivity contribution >= 4 is 57.0 Å². The van der Waals surface area contributed by atoms with E-state index in [1.54, 1.807) is 0 Å². The fourth-order valence-electron chi connectivity index (χ4n) is 11.1. The highest BCUT2D eigenvalue weighted by Crippen LogP contribution is 2.57. The third-order valence-electron chi connectivity index (χ3n) is 14.0. The number of nitrogens with zero attached hydrogens (tertiary/aromatic N) is 2. The summed E-state index contributed by atoms with van der Waals surface area (Å²) >= 11 is 0. The lowest BCUT2D eigenvalue weighted by Gasteiger charge is -2.47. The van der Waals surface area contributed by atoms with Crippen molar-refractivity contribution in [1.29, 1.82) is 0 Å². The molecule has 0 bridgehead atoms. The number of anilines is 5. The molecule has 296 valence electrons. The van der Waals surface area contributed by atoms with Gasteiger partial charge in [0.15, 0.2) is 0 Å². The summed E-state index contributed by atoms with van der Waals surface area (Å²) in [6.45, 7) is 7.00. The molecule has 3 aliphatic rings. The fraction of sp³-hybridized carbons (Fsp3) is 0.119. The minimum atomic E-state index is -0.170. The molecule has 0 aromatic heterocycles. The zero-order chi connectivity index (χ0) is 41.5. The van der Waals surface area contributed by atoms with E-state index in [0.29, 0.717) is 0 Å². The van der Waals surface area contributed by atoms with Gasteiger partial charge < -0.3 is 9.71 Å². The molecule has 2 aliphatic heterocycles. The van der Waals surface area contributed by atoms with Crippen LogP contribution >= 0.6 is 0 Å². The summed E-state index contributed by atoms with van der Waals surface area (Å²) in [6, 6.07) is 73.2. The average Bonchev–Trinajstić information content (AvgIpc) is 3.57. The third-order valence-corrected chi connectivity index (χ3v) is 14.0. The highest BCUT2D eigenvalue weighted by molar-refractivity contribution is 6.94. The van der Waals surface area contributed by atoms with Gasteiger partial charge in [0.05, 0.1) is 11.4 Å². The molecule has 9 aromatic carbocycles. The van der Waals surface area contributed by atoms with Crippen molar-refractivity contribution in [2.24, 2.45) is 0 Å². The second kappa shape index (κ2) is 14.2. The van der Waals surface area contributed by atoms with Gasteiger partial charge in [-0.3, -0.25) is 0 Å². The van der Waals surface area contributed by atoms with E-state index in [-0.39, 0.29) is 12.3 Å². The Bertz CT molecular complexity index is 3210. The summed E-state index contributed by atoms with van der Waals surface area (Å²) < 4.78 is 0. The second-order valence-electron chi connectivity index (χ2n) is 17.9. The lowest BCUT2D eigenvalue weighted by atomic mass is 9.42. The number of hydrogen-bond donors (Lipinski definition) is 0. The van der Waals surface area contributed by atoms with Crippen LogP contribution in [-0.4, -0.2) is 6.85 Å². The largest absolute Gasteiger partial charge is 0.376 e. The number of fused-ring (bicyclic) bond motifs is 10. The first kappa shape index (κ1) is 36.7. The van der Waals surface area contributed by atoms with Crippen LogP contribution in [0, 0.1) is 0 Å². The maximum Gasteiger partial charge on any atom is 0.333 e. The first-order chi connectivity index (χ1) is 30.5. The van der Waals surface area contributed by atoms with Crippen LogP contribution in [0.2, 0.25) is 0 Å². The third kappa shape index (κ3) is 5.44. The Morgan fingerprint density at radius 3 is 2.00 bits per heavy atom. The number of aryl methyl sites for hydroxylation is 1.